The van der Waals surface area contributed by atoms with Crippen LogP contribution in [0.3, 0.4) is 0 Å². The molecule has 130 valence electrons. The van der Waals surface area contributed by atoms with Crippen molar-refractivity contribution in [3.63, 3.8) is 0 Å². The fourth-order valence-corrected chi connectivity index (χ4v) is 3.15. The topological polar surface area (TPSA) is 67.1 Å². The Balaban J connectivity index is 1.71. The van der Waals surface area contributed by atoms with Crippen molar-refractivity contribution in [3.05, 3.63) is 41.2 Å². The van der Waals surface area contributed by atoms with Gasteiger partial charge in [0.1, 0.15) is 11.7 Å². The van der Waals surface area contributed by atoms with Crippen LogP contribution in [-0.4, -0.2) is 44.9 Å². The average molecular weight is 361 g/mol. The molecule has 1 aliphatic heterocycles. The summed E-state index contributed by atoms with van der Waals surface area (Å²) in [5.41, 5.74) is 2.56. The van der Waals surface area contributed by atoms with Gasteiger partial charge >= 0.3 is 0 Å². The van der Waals surface area contributed by atoms with Gasteiger partial charge < -0.3 is 10.6 Å². The summed E-state index contributed by atoms with van der Waals surface area (Å²) in [6, 6.07) is 7.14. The zero-order valence-electron chi connectivity index (χ0n) is 13.7. The Morgan fingerprint density at radius 2 is 2.12 bits per heavy atom. The van der Waals surface area contributed by atoms with Gasteiger partial charge in [0.15, 0.2) is 5.82 Å². The van der Waals surface area contributed by atoms with Gasteiger partial charge in [0.2, 0.25) is 5.95 Å². The molecule has 1 fully saturated rings. The molecule has 2 aromatic heterocycles. The first-order chi connectivity index (χ1) is 12.1. The van der Waals surface area contributed by atoms with Crippen molar-refractivity contribution >= 4 is 23.1 Å². The molecule has 0 aliphatic carbocycles. The highest BCUT2D eigenvalue weighted by Crippen LogP contribution is 2.23. The van der Waals surface area contributed by atoms with Gasteiger partial charge in [0.05, 0.1) is 17.9 Å². The van der Waals surface area contributed by atoms with Crippen LogP contribution in [0, 0.1) is 6.92 Å². The van der Waals surface area contributed by atoms with Crippen LogP contribution in [0.4, 0.5) is 10.3 Å². The van der Waals surface area contributed by atoms with E-state index in [-0.39, 0.29) is 6.04 Å². The number of aromatic nitrogens is 4. The van der Waals surface area contributed by atoms with E-state index in [2.05, 4.69) is 25.7 Å². The van der Waals surface area contributed by atoms with Gasteiger partial charge in [-0.05, 0) is 44.2 Å². The Morgan fingerprint density at radius 1 is 1.32 bits per heavy atom. The third kappa shape index (κ3) is 3.17. The van der Waals surface area contributed by atoms with Gasteiger partial charge in [0, 0.05) is 17.1 Å². The predicted octanol–water partition coefficient (Wildman–Crippen LogP) is 2.87. The van der Waals surface area contributed by atoms with E-state index in [1.54, 1.807) is 10.7 Å². The number of hydrogen-bond donors (Lipinski definition) is 2. The predicted molar refractivity (Wildman–Crippen MR) is 95.8 cm³/mol. The Hall–Kier alpha value is -2.25. The van der Waals surface area contributed by atoms with Crippen molar-refractivity contribution < 1.29 is 4.39 Å². The maximum atomic E-state index is 14.0. The summed E-state index contributed by atoms with van der Waals surface area (Å²) >= 11 is 5.97. The fraction of sp³-hybridized carbons (Fsp3) is 0.353. The molecule has 2 atom stereocenters. The second kappa shape index (κ2) is 6.57. The molecule has 25 heavy (non-hydrogen) atoms. The summed E-state index contributed by atoms with van der Waals surface area (Å²) in [6.07, 6.45) is 1.44. The van der Waals surface area contributed by atoms with Crippen LogP contribution in [0.5, 0.6) is 0 Å². The van der Waals surface area contributed by atoms with Crippen LogP contribution in [0.2, 0.25) is 5.02 Å². The molecule has 8 heteroatoms. The average Bonchev–Trinajstić information content (AvgIpc) is 2.94. The summed E-state index contributed by atoms with van der Waals surface area (Å²) in [6.45, 7) is 3.04. The van der Waals surface area contributed by atoms with Crippen LogP contribution in [0.25, 0.3) is 16.9 Å². The molecule has 0 amide bonds. The first kappa shape index (κ1) is 16.2. The highest BCUT2D eigenvalue weighted by Gasteiger charge is 2.25. The molecule has 1 aliphatic rings. The molecule has 4 rings (SSSR count). The maximum absolute atomic E-state index is 14.0. The molecule has 3 heterocycles. The molecule has 1 aromatic carbocycles. The second-order valence-electron chi connectivity index (χ2n) is 6.17. The summed E-state index contributed by atoms with van der Waals surface area (Å²) in [5, 5.41) is 11.3. The van der Waals surface area contributed by atoms with Crippen LogP contribution in [0.15, 0.2) is 30.5 Å². The third-order valence-electron chi connectivity index (χ3n) is 4.40. The van der Waals surface area contributed by atoms with Gasteiger partial charge in [-0.3, -0.25) is 0 Å². The molecule has 3 aromatic rings. The summed E-state index contributed by atoms with van der Waals surface area (Å²) < 4.78 is 15.8. The number of hydrogen-bond acceptors (Lipinski definition) is 5. The highest BCUT2D eigenvalue weighted by atomic mass is 35.5. The molecule has 2 N–H and O–H groups in total. The smallest absolute Gasteiger partial charge is 0.241 e. The number of benzene rings is 1. The number of nitrogens with zero attached hydrogens (tertiary/aromatic N) is 4. The minimum Gasteiger partial charge on any atom is -0.347 e. The fourth-order valence-electron chi connectivity index (χ4n) is 3.02. The van der Waals surface area contributed by atoms with Crippen molar-refractivity contribution in [1.82, 2.24) is 24.9 Å². The number of imidazole rings is 1. The number of fused-ring (bicyclic) bond motifs is 1. The van der Waals surface area contributed by atoms with Gasteiger partial charge in [-0.2, -0.15) is 0 Å². The molecule has 0 unspecified atom stereocenters. The lowest BCUT2D eigenvalue weighted by Gasteiger charge is -2.27. The number of alkyl halides is 1. The van der Waals surface area contributed by atoms with E-state index in [0.29, 0.717) is 29.8 Å². The van der Waals surface area contributed by atoms with Crippen molar-refractivity contribution in [2.75, 3.05) is 18.4 Å². The Bertz CT molecular complexity index is 894. The number of aryl methyl sites for hydroxylation is 1. The van der Waals surface area contributed by atoms with Crippen molar-refractivity contribution in [1.29, 1.82) is 0 Å². The van der Waals surface area contributed by atoms with Crippen LogP contribution >= 0.6 is 11.6 Å². The molecule has 1 saturated heterocycles. The van der Waals surface area contributed by atoms with Gasteiger partial charge in [-0.15, -0.1) is 5.10 Å². The molecule has 0 saturated carbocycles. The van der Waals surface area contributed by atoms with Crippen molar-refractivity contribution in [2.24, 2.45) is 0 Å². The van der Waals surface area contributed by atoms with E-state index < -0.39 is 6.17 Å². The molecule has 0 bridgehead atoms. The van der Waals surface area contributed by atoms with E-state index >= 15 is 0 Å². The second-order valence-corrected chi connectivity index (χ2v) is 6.60. The van der Waals surface area contributed by atoms with Crippen LogP contribution in [0.1, 0.15) is 12.1 Å². The molecule has 6 nitrogen and oxygen atoms in total. The number of piperidine rings is 1. The zero-order valence-corrected chi connectivity index (χ0v) is 14.5. The first-order valence-corrected chi connectivity index (χ1v) is 8.59. The van der Waals surface area contributed by atoms with E-state index in [4.69, 9.17) is 11.6 Å². The lowest BCUT2D eigenvalue weighted by Crippen LogP contribution is -2.45. The Labute approximate surface area is 149 Å². The number of rotatable bonds is 3. The summed E-state index contributed by atoms with van der Waals surface area (Å²) in [7, 11) is 0. The monoisotopic (exact) mass is 360 g/mol. The Morgan fingerprint density at radius 3 is 2.88 bits per heavy atom. The van der Waals surface area contributed by atoms with E-state index in [1.807, 2.05) is 31.2 Å². The molecular formula is C17H18ClFN6. The zero-order chi connectivity index (χ0) is 17.4. The van der Waals surface area contributed by atoms with E-state index in [1.165, 1.54) is 0 Å². The quantitative estimate of drug-likeness (QED) is 0.751. The van der Waals surface area contributed by atoms with Crippen molar-refractivity contribution in [3.8, 4) is 11.4 Å². The summed E-state index contributed by atoms with van der Waals surface area (Å²) in [4.78, 5) is 8.92. The standard InChI is InChI=1S/C17H18ClFN6/c1-10-15-9-21-17(23-14-6-7-20-8-13(14)19)24-25(15)16(22-10)11-2-4-12(18)5-3-11/h2-5,9,13-14,20H,6-8H2,1H3,(H,23,24)/t13-,14-/m1/s1. The Kier molecular flexibility index (Phi) is 4.27. The normalized spacial score (nSPS) is 20.8. The number of halogens is 2. The minimum atomic E-state index is -0.965. The minimum absolute atomic E-state index is 0.290. The van der Waals surface area contributed by atoms with Crippen LogP contribution in [-0.2, 0) is 0 Å². The van der Waals surface area contributed by atoms with E-state index in [9.17, 15) is 4.39 Å². The lowest BCUT2D eigenvalue weighted by atomic mass is 10.1. The third-order valence-corrected chi connectivity index (χ3v) is 4.65. The van der Waals surface area contributed by atoms with Gasteiger partial charge in [-0.1, -0.05) is 11.6 Å². The first-order valence-electron chi connectivity index (χ1n) is 8.21. The number of anilines is 1. The van der Waals surface area contributed by atoms with E-state index in [0.717, 1.165) is 23.3 Å². The molecular weight excluding hydrogens is 343 g/mol. The largest absolute Gasteiger partial charge is 0.347 e. The van der Waals surface area contributed by atoms with Gasteiger partial charge in [0.25, 0.3) is 0 Å². The van der Waals surface area contributed by atoms with Crippen molar-refractivity contribution in [2.45, 2.75) is 25.6 Å². The SMILES string of the molecule is Cc1nc(-c2ccc(Cl)cc2)n2nc(N[C@@H]3CCNC[C@H]3F)ncc12. The highest BCUT2D eigenvalue weighted by molar-refractivity contribution is 6.30. The summed E-state index contributed by atoms with van der Waals surface area (Å²) in [5.74, 6) is 1.10. The molecule has 0 spiro atoms. The lowest BCUT2D eigenvalue weighted by molar-refractivity contribution is 0.244. The molecule has 0 radical (unpaired) electrons. The van der Waals surface area contributed by atoms with Gasteiger partial charge in [-0.25, -0.2) is 18.9 Å². The van der Waals surface area contributed by atoms with Crippen LogP contribution < -0.4 is 10.6 Å². The number of nitrogens with one attached hydrogen (secondary N) is 2. The maximum Gasteiger partial charge on any atom is 0.241 e.